The van der Waals surface area contributed by atoms with E-state index in [0.717, 1.165) is 12.1 Å². The maximum atomic E-state index is 12.4. The van der Waals surface area contributed by atoms with Crippen molar-refractivity contribution in [2.24, 2.45) is 0 Å². The van der Waals surface area contributed by atoms with Crippen LogP contribution in [0.25, 0.3) is 0 Å². The zero-order chi connectivity index (χ0) is 10.3. The van der Waals surface area contributed by atoms with E-state index in [4.69, 9.17) is 0 Å². The van der Waals surface area contributed by atoms with Crippen molar-refractivity contribution in [2.75, 3.05) is 14.2 Å². The molecule has 0 unspecified atom stereocenters. The summed E-state index contributed by atoms with van der Waals surface area (Å²) < 4.78 is 29.0. The van der Waals surface area contributed by atoms with Crippen LogP contribution in [0.3, 0.4) is 0 Å². The number of carbonyl (C=O) groups is 1. The molecule has 0 N–H and O–H groups in total. The van der Waals surface area contributed by atoms with Gasteiger partial charge in [-0.3, -0.25) is 4.79 Å². The highest BCUT2D eigenvalue weighted by molar-refractivity contribution is 5.75. The van der Waals surface area contributed by atoms with Crippen LogP contribution in [0.5, 0.6) is 0 Å². The molecule has 0 radical (unpaired) electrons. The molecule has 0 saturated heterocycles. The summed E-state index contributed by atoms with van der Waals surface area (Å²) in [7, 11) is 3.25. The molecule has 13 heavy (non-hydrogen) atoms. The van der Waals surface area contributed by atoms with Crippen molar-refractivity contribution < 1.29 is 18.3 Å². The Labute approximate surface area is 75.1 Å². The third kappa shape index (κ3) is 3.75. The zero-order valence-corrected chi connectivity index (χ0v) is 7.38. The first kappa shape index (κ1) is 11.7. The van der Waals surface area contributed by atoms with Gasteiger partial charge in [-0.1, -0.05) is 6.07 Å². The first-order valence-corrected chi connectivity index (χ1v) is 3.46. The van der Waals surface area contributed by atoms with Crippen LogP contribution in [0.4, 0.5) is 8.78 Å². The second kappa shape index (κ2) is 6.25. The van der Waals surface area contributed by atoms with Crippen molar-refractivity contribution in [1.82, 2.24) is 0 Å². The Morgan fingerprint density at radius 3 is 1.85 bits per heavy atom. The lowest BCUT2D eigenvalue weighted by Crippen LogP contribution is -1.91. The van der Waals surface area contributed by atoms with Crippen molar-refractivity contribution in [3.05, 3.63) is 35.4 Å². The molecule has 0 bridgehead atoms. The third-order valence-corrected chi connectivity index (χ3v) is 1.12. The van der Waals surface area contributed by atoms with Gasteiger partial charge in [0.1, 0.15) is 11.6 Å². The van der Waals surface area contributed by atoms with E-state index < -0.39 is 17.2 Å². The van der Waals surface area contributed by atoms with Gasteiger partial charge < -0.3 is 4.74 Å². The lowest BCUT2D eigenvalue weighted by Gasteiger charge is -1.93. The number of hydrogen-bond acceptors (Lipinski definition) is 2. The molecule has 72 valence electrons. The summed E-state index contributed by atoms with van der Waals surface area (Å²) in [5.74, 6) is -1.65. The average molecular weight is 188 g/mol. The normalized spacial score (nSPS) is 8.62. The van der Waals surface area contributed by atoms with Crippen molar-refractivity contribution in [3.8, 4) is 0 Å². The van der Waals surface area contributed by atoms with E-state index in [9.17, 15) is 13.6 Å². The fraction of sp³-hybridized carbons (Fsp3) is 0.222. The number of aldehydes is 1. The van der Waals surface area contributed by atoms with Gasteiger partial charge in [0.2, 0.25) is 0 Å². The fourth-order valence-electron chi connectivity index (χ4n) is 0.623. The molecule has 0 aliphatic rings. The van der Waals surface area contributed by atoms with E-state index in [-0.39, 0.29) is 6.29 Å². The van der Waals surface area contributed by atoms with Gasteiger partial charge in [-0.05, 0) is 12.1 Å². The summed E-state index contributed by atoms with van der Waals surface area (Å²) in [6.07, 6.45) is 0.157. The summed E-state index contributed by atoms with van der Waals surface area (Å²) in [4.78, 5) is 9.97. The molecule has 0 fully saturated rings. The molecule has 2 nitrogen and oxygen atoms in total. The van der Waals surface area contributed by atoms with Gasteiger partial charge in [-0.25, -0.2) is 8.78 Å². The minimum atomic E-state index is -0.824. The second-order valence-electron chi connectivity index (χ2n) is 2.16. The average Bonchev–Trinajstić information content (AvgIpc) is 2.06. The predicted molar refractivity (Wildman–Crippen MR) is 44.7 cm³/mol. The van der Waals surface area contributed by atoms with Crippen LogP contribution in [0.1, 0.15) is 10.4 Å². The fourth-order valence-corrected chi connectivity index (χ4v) is 0.623. The number of benzene rings is 1. The molecule has 1 aromatic carbocycles. The molecule has 4 heteroatoms. The van der Waals surface area contributed by atoms with Gasteiger partial charge >= 0.3 is 0 Å². The first-order chi connectivity index (χ1) is 6.17. The van der Waals surface area contributed by atoms with Gasteiger partial charge in [0.05, 0.1) is 5.56 Å². The molecule has 0 aliphatic carbocycles. The molecular weight excluding hydrogens is 178 g/mol. The quantitative estimate of drug-likeness (QED) is 0.630. The highest BCUT2D eigenvalue weighted by atomic mass is 19.1. The molecule has 1 aromatic rings. The van der Waals surface area contributed by atoms with Gasteiger partial charge in [0, 0.05) is 14.2 Å². The number of rotatable bonds is 1. The lowest BCUT2D eigenvalue weighted by molar-refractivity contribution is 0.111. The van der Waals surface area contributed by atoms with E-state index in [1.807, 2.05) is 0 Å². The van der Waals surface area contributed by atoms with E-state index in [1.165, 1.54) is 6.07 Å². The van der Waals surface area contributed by atoms with E-state index in [1.54, 1.807) is 14.2 Å². The predicted octanol–water partition coefficient (Wildman–Crippen LogP) is 2.04. The molecule has 0 atom stereocenters. The Hall–Kier alpha value is -1.29. The molecule has 0 heterocycles. The molecule has 1 rings (SSSR count). The smallest absolute Gasteiger partial charge is 0.155 e. The summed E-state index contributed by atoms with van der Waals surface area (Å²) in [6, 6.07) is 3.28. The minimum absolute atomic E-state index is 0.157. The minimum Gasteiger partial charge on any atom is -0.388 e. The summed E-state index contributed by atoms with van der Waals surface area (Å²) in [6.45, 7) is 0. The molecular formula is C9H10F2O2. The van der Waals surface area contributed by atoms with E-state index in [0.29, 0.717) is 0 Å². The standard InChI is InChI=1S/C7H4F2O.C2H6O/c8-6-2-1-3-7(9)5(6)4-10;1-3-2/h1-4H;1-2H3. The largest absolute Gasteiger partial charge is 0.388 e. The number of carbonyl (C=O) groups excluding carboxylic acids is 1. The van der Waals surface area contributed by atoms with Crippen molar-refractivity contribution >= 4 is 6.29 Å². The molecule has 0 amide bonds. The van der Waals surface area contributed by atoms with Gasteiger partial charge in [-0.15, -0.1) is 0 Å². The van der Waals surface area contributed by atoms with Crippen molar-refractivity contribution in [1.29, 1.82) is 0 Å². The SMILES string of the molecule is COC.O=Cc1c(F)cccc1F. The molecule has 0 aliphatic heterocycles. The Bertz CT molecular complexity index is 254. The van der Waals surface area contributed by atoms with Crippen LogP contribution >= 0.6 is 0 Å². The Kier molecular flexibility index (Phi) is 5.63. The van der Waals surface area contributed by atoms with Crippen molar-refractivity contribution in [2.45, 2.75) is 0 Å². The van der Waals surface area contributed by atoms with Crippen LogP contribution in [-0.2, 0) is 4.74 Å². The lowest BCUT2D eigenvalue weighted by atomic mass is 10.2. The number of methoxy groups -OCH3 is 1. The zero-order valence-electron chi connectivity index (χ0n) is 7.38. The third-order valence-electron chi connectivity index (χ3n) is 1.12. The Balaban J connectivity index is 0.000000424. The highest BCUT2D eigenvalue weighted by Gasteiger charge is 2.04. The topological polar surface area (TPSA) is 26.3 Å². The maximum absolute atomic E-state index is 12.4. The van der Waals surface area contributed by atoms with Crippen LogP contribution < -0.4 is 0 Å². The molecule has 0 spiro atoms. The highest BCUT2D eigenvalue weighted by Crippen LogP contribution is 2.08. The van der Waals surface area contributed by atoms with Gasteiger partial charge in [0.25, 0.3) is 0 Å². The second-order valence-corrected chi connectivity index (χ2v) is 2.16. The molecule has 0 saturated carbocycles. The summed E-state index contributed by atoms with van der Waals surface area (Å²) in [5.41, 5.74) is -0.512. The summed E-state index contributed by atoms with van der Waals surface area (Å²) in [5, 5.41) is 0. The Morgan fingerprint density at radius 2 is 1.62 bits per heavy atom. The van der Waals surface area contributed by atoms with Crippen LogP contribution in [0.2, 0.25) is 0 Å². The monoisotopic (exact) mass is 188 g/mol. The Morgan fingerprint density at radius 1 is 1.23 bits per heavy atom. The summed E-state index contributed by atoms with van der Waals surface area (Å²) >= 11 is 0. The van der Waals surface area contributed by atoms with E-state index in [2.05, 4.69) is 4.74 Å². The number of ether oxygens (including phenoxy) is 1. The van der Waals surface area contributed by atoms with Crippen molar-refractivity contribution in [3.63, 3.8) is 0 Å². The molecule has 0 aromatic heterocycles. The van der Waals surface area contributed by atoms with Gasteiger partial charge in [0.15, 0.2) is 6.29 Å². The van der Waals surface area contributed by atoms with Crippen LogP contribution in [-0.4, -0.2) is 20.5 Å². The number of halogens is 2. The number of hydrogen-bond donors (Lipinski definition) is 0. The maximum Gasteiger partial charge on any atom is 0.155 e. The van der Waals surface area contributed by atoms with E-state index >= 15 is 0 Å². The van der Waals surface area contributed by atoms with Crippen LogP contribution in [0, 0.1) is 11.6 Å². The van der Waals surface area contributed by atoms with Gasteiger partial charge in [-0.2, -0.15) is 0 Å². The van der Waals surface area contributed by atoms with Crippen LogP contribution in [0.15, 0.2) is 18.2 Å². The first-order valence-electron chi connectivity index (χ1n) is 3.46.